The van der Waals surface area contributed by atoms with Gasteiger partial charge in [0.05, 0.1) is 0 Å². The van der Waals surface area contributed by atoms with Gasteiger partial charge in [-0.15, -0.1) is 0 Å². The summed E-state index contributed by atoms with van der Waals surface area (Å²) in [6.07, 6.45) is 4.51. The minimum atomic E-state index is 0.627. The zero-order valence-electron chi connectivity index (χ0n) is 14.5. The molecule has 0 heterocycles. The van der Waals surface area contributed by atoms with Crippen LogP contribution in [0.1, 0.15) is 29.2 Å². The van der Waals surface area contributed by atoms with Crippen molar-refractivity contribution in [2.45, 2.75) is 32.6 Å². The van der Waals surface area contributed by atoms with Crippen molar-refractivity contribution in [2.75, 3.05) is 0 Å². The Morgan fingerprint density at radius 1 is 0.542 bits per heavy atom. The molecule has 0 aliphatic heterocycles. The number of aryl methyl sites for hydroxylation is 1. The first-order valence-corrected chi connectivity index (χ1v) is 8.99. The Morgan fingerprint density at radius 3 is 1.54 bits per heavy atom. The van der Waals surface area contributed by atoms with Crippen LogP contribution in [0.4, 0.5) is 0 Å². The third-order valence-corrected chi connectivity index (χ3v) is 4.66. The summed E-state index contributed by atoms with van der Waals surface area (Å²) in [7, 11) is 0. The number of hydrogen-bond acceptors (Lipinski definition) is 0. The second-order valence-electron chi connectivity index (χ2n) is 6.62. The predicted molar refractivity (Wildman–Crippen MR) is 103 cm³/mol. The van der Waals surface area contributed by atoms with Crippen molar-refractivity contribution >= 4 is 0 Å². The third-order valence-electron chi connectivity index (χ3n) is 4.66. The van der Waals surface area contributed by atoms with Gasteiger partial charge >= 0.3 is 0 Å². The molecule has 3 aromatic rings. The van der Waals surface area contributed by atoms with E-state index in [1.165, 1.54) is 22.3 Å². The first-order valence-electron chi connectivity index (χ1n) is 8.99. The molecular formula is C24H26. The molecule has 0 aliphatic rings. The Hall–Kier alpha value is -2.34. The lowest BCUT2D eigenvalue weighted by molar-refractivity contribution is 0.518. The van der Waals surface area contributed by atoms with Gasteiger partial charge in [0.25, 0.3) is 0 Å². The summed E-state index contributed by atoms with van der Waals surface area (Å²) in [6.45, 7) is 2.23. The lowest BCUT2D eigenvalue weighted by Gasteiger charge is -2.18. The lowest BCUT2D eigenvalue weighted by Crippen LogP contribution is -2.12. The van der Waals surface area contributed by atoms with Crippen LogP contribution >= 0.6 is 0 Å². The van der Waals surface area contributed by atoms with E-state index < -0.39 is 0 Å². The smallest absolute Gasteiger partial charge is 0.0244 e. The number of rotatable bonds is 7. The molecule has 0 fully saturated rings. The molecule has 0 saturated carbocycles. The zero-order valence-corrected chi connectivity index (χ0v) is 14.5. The number of hydrogen-bond donors (Lipinski definition) is 0. The quantitative estimate of drug-likeness (QED) is 0.510. The molecule has 0 aliphatic carbocycles. The highest BCUT2D eigenvalue weighted by Gasteiger charge is 2.12. The minimum absolute atomic E-state index is 0.627. The van der Waals surface area contributed by atoms with Crippen molar-refractivity contribution in [1.29, 1.82) is 0 Å². The fraction of sp³-hybridized carbons (Fsp3) is 0.250. The highest BCUT2D eigenvalue weighted by atomic mass is 14.2. The second kappa shape index (κ2) is 8.49. The molecule has 0 amide bonds. The molecule has 0 radical (unpaired) electrons. The normalized spacial score (nSPS) is 10.9. The molecule has 24 heavy (non-hydrogen) atoms. The van der Waals surface area contributed by atoms with E-state index in [9.17, 15) is 0 Å². The van der Waals surface area contributed by atoms with Gasteiger partial charge in [-0.3, -0.25) is 0 Å². The Morgan fingerprint density at radius 2 is 1.00 bits per heavy atom. The summed E-state index contributed by atoms with van der Waals surface area (Å²) in [5.41, 5.74) is 5.77. The molecule has 0 atom stereocenters. The Bertz CT molecular complexity index is 687. The highest BCUT2D eigenvalue weighted by Crippen LogP contribution is 2.20. The number of benzene rings is 3. The summed E-state index contributed by atoms with van der Waals surface area (Å²) in [4.78, 5) is 0. The van der Waals surface area contributed by atoms with Crippen molar-refractivity contribution in [1.82, 2.24) is 0 Å². The molecule has 3 rings (SSSR count). The molecule has 0 aromatic heterocycles. The van der Waals surface area contributed by atoms with Crippen molar-refractivity contribution in [3.8, 4) is 0 Å². The van der Waals surface area contributed by atoms with Crippen LogP contribution < -0.4 is 0 Å². The Kier molecular flexibility index (Phi) is 5.85. The van der Waals surface area contributed by atoms with Crippen LogP contribution in [0.25, 0.3) is 0 Å². The van der Waals surface area contributed by atoms with E-state index in [2.05, 4.69) is 91.9 Å². The monoisotopic (exact) mass is 314 g/mol. The molecular weight excluding hydrogens is 288 g/mol. The summed E-state index contributed by atoms with van der Waals surface area (Å²) in [6, 6.07) is 30.9. The van der Waals surface area contributed by atoms with E-state index >= 15 is 0 Å². The van der Waals surface area contributed by atoms with Gasteiger partial charge in [0.15, 0.2) is 0 Å². The van der Waals surface area contributed by atoms with Gasteiger partial charge in [-0.25, -0.2) is 0 Å². The summed E-state index contributed by atoms with van der Waals surface area (Å²) < 4.78 is 0. The van der Waals surface area contributed by atoms with Crippen molar-refractivity contribution in [3.63, 3.8) is 0 Å². The van der Waals surface area contributed by atoms with Crippen LogP contribution in [-0.4, -0.2) is 0 Å². The molecule has 0 saturated heterocycles. The summed E-state index contributed by atoms with van der Waals surface area (Å²) in [5.74, 6) is 0.627. The van der Waals surface area contributed by atoms with Crippen molar-refractivity contribution in [2.24, 2.45) is 5.92 Å². The van der Waals surface area contributed by atoms with Crippen molar-refractivity contribution < 1.29 is 0 Å². The Labute approximate surface area is 146 Å². The van der Waals surface area contributed by atoms with Gasteiger partial charge in [-0.2, -0.15) is 0 Å². The van der Waals surface area contributed by atoms with Crippen LogP contribution in [-0.2, 0) is 25.7 Å². The SMILES string of the molecule is CCc1cccc(CC(Cc2ccccc2)Cc2ccccc2)c1. The topological polar surface area (TPSA) is 0 Å². The van der Waals surface area contributed by atoms with Gasteiger partial charge in [-0.1, -0.05) is 91.9 Å². The molecule has 0 spiro atoms. The zero-order chi connectivity index (χ0) is 16.6. The van der Waals surface area contributed by atoms with Crippen molar-refractivity contribution in [3.05, 3.63) is 107 Å². The molecule has 0 bridgehead atoms. The standard InChI is InChI=1S/C24H26/c1-2-20-14-9-15-23(16-20)19-24(17-21-10-5-3-6-11-21)18-22-12-7-4-8-13-22/h3-16,24H,2,17-19H2,1H3. The van der Waals surface area contributed by atoms with Crippen LogP contribution in [0.15, 0.2) is 84.9 Å². The van der Waals surface area contributed by atoms with Gasteiger partial charge in [0.1, 0.15) is 0 Å². The second-order valence-corrected chi connectivity index (χ2v) is 6.62. The minimum Gasteiger partial charge on any atom is -0.0622 e. The van der Waals surface area contributed by atoms with Crippen LogP contribution in [0.2, 0.25) is 0 Å². The molecule has 0 unspecified atom stereocenters. The maximum absolute atomic E-state index is 2.38. The largest absolute Gasteiger partial charge is 0.0622 e. The van der Waals surface area contributed by atoms with E-state index in [1.54, 1.807) is 0 Å². The molecule has 0 heteroatoms. The maximum Gasteiger partial charge on any atom is -0.0244 e. The summed E-state index contributed by atoms with van der Waals surface area (Å²) in [5, 5.41) is 0. The fourth-order valence-electron chi connectivity index (χ4n) is 3.42. The molecule has 0 nitrogen and oxygen atoms in total. The van der Waals surface area contributed by atoms with Crippen LogP contribution in [0.5, 0.6) is 0 Å². The van der Waals surface area contributed by atoms with Gasteiger partial charge in [-0.05, 0) is 53.9 Å². The van der Waals surface area contributed by atoms with E-state index in [0.717, 1.165) is 25.7 Å². The predicted octanol–water partition coefficient (Wildman–Crippen LogP) is 5.89. The lowest BCUT2D eigenvalue weighted by atomic mass is 9.87. The average Bonchev–Trinajstić information content (AvgIpc) is 2.63. The molecule has 122 valence electrons. The first-order chi connectivity index (χ1) is 11.8. The third kappa shape index (κ3) is 4.83. The maximum atomic E-state index is 2.38. The van der Waals surface area contributed by atoms with Crippen LogP contribution in [0, 0.1) is 5.92 Å². The average molecular weight is 314 g/mol. The van der Waals surface area contributed by atoms with E-state index in [1.807, 2.05) is 0 Å². The van der Waals surface area contributed by atoms with Gasteiger partial charge < -0.3 is 0 Å². The van der Waals surface area contributed by atoms with Crippen LogP contribution in [0.3, 0.4) is 0 Å². The van der Waals surface area contributed by atoms with E-state index in [0.29, 0.717) is 5.92 Å². The molecule has 0 N–H and O–H groups in total. The fourth-order valence-corrected chi connectivity index (χ4v) is 3.42. The van der Waals surface area contributed by atoms with E-state index in [-0.39, 0.29) is 0 Å². The van der Waals surface area contributed by atoms with Gasteiger partial charge in [0, 0.05) is 0 Å². The Balaban J connectivity index is 1.78. The highest BCUT2D eigenvalue weighted by molar-refractivity contribution is 5.25. The summed E-state index contributed by atoms with van der Waals surface area (Å²) >= 11 is 0. The molecule has 3 aromatic carbocycles. The first kappa shape index (κ1) is 16.5. The van der Waals surface area contributed by atoms with E-state index in [4.69, 9.17) is 0 Å². The van der Waals surface area contributed by atoms with Gasteiger partial charge in [0.2, 0.25) is 0 Å².